The van der Waals surface area contributed by atoms with Crippen LogP contribution in [0.1, 0.15) is 12.7 Å². The van der Waals surface area contributed by atoms with Crippen molar-refractivity contribution in [3.63, 3.8) is 0 Å². The highest BCUT2D eigenvalue weighted by Crippen LogP contribution is 2.36. The second kappa shape index (κ2) is 3.38. The summed E-state index contributed by atoms with van der Waals surface area (Å²) in [6, 6.07) is 3.12. The van der Waals surface area contributed by atoms with Gasteiger partial charge in [0.2, 0.25) is 0 Å². The van der Waals surface area contributed by atoms with E-state index >= 15 is 0 Å². The van der Waals surface area contributed by atoms with Gasteiger partial charge in [-0.05, 0) is 35.0 Å². The molecule has 0 aliphatic carbocycles. The first-order valence-electron chi connectivity index (χ1n) is 3.64. The summed E-state index contributed by atoms with van der Waals surface area (Å²) in [4.78, 5) is -3.33. The molecule has 0 radical (unpaired) electrons. The van der Waals surface area contributed by atoms with E-state index < -0.39 is 10.4 Å². The highest BCUT2D eigenvalue weighted by atomic mass is 79.9. The van der Waals surface area contributed by atoms with E-state index in [1.807, 2.05) is 0 Å². The van der Waals surface area contributed by atoms with Gasteiger partial charge in [-0.2, -0.15) is 8.78 Å². The van der Waals surface area contributed by atoms with Crippen LogP contribution < -0.4 is 0 Å². The number of hydrogen-bond acceptors (Lipinski definition) is 2. The summed E-state index contributed by atoms with van der Waals surface area (Å²) >= 11 is 2.12. The third-order valence-electron chi connectivity index (χ3n) is 1.71. The molecule has 0 aliphatic heterocycles. The van der Waals surface area contributed by atoms with Gasteiger partial charge in [0.1, 0.15) is 11.4 Å². The molecule has 0 bridgehead atoms. The van der Waals surface area contributed by atoms with E-state index in [9.17, 15) is 13.9 Å². The summed E-state index contributed by atoms with van der Waals surface area (Å²) in [6.07, 6.45) is 1.13. The third kappa shape index (κ3) is 2.51. The summed E-state index contributed by atoms with van der Waals surface area (Å²) in [5, 5.41) is 9.37. The van der Waals surface area contributed by atoms with Gasteiger partial charge in [0.25, 0.3) is 0 Å². The van der Waals surface area contributed by atoms with E-state index in [-0.39, 0.29) is 6.42 Å². The van der Waals surface area contributed by atoms with Gasteiger partial charge in [-0.3, -0.25) is 0 Å². The molecule has 0 aliphatic rings. The monoisotopic (exact) mass is 254 g/mol. The Morgan fingerprint density at radius 3 is 2.62 bits per heavy atom. The van der Waals surface area contributed by atoms with Crippen molar-refractivity contribution < 1.29 is 18.3 Å². The zero-order valence-corrected chi connectivity index (χ0v) is 8.51. The van der Waals surface area contributed by atoms with Crippen molar-refractivity contribution in [3.8, 4) is 0 Å². The Morgan fingerprint density at radius 2 is 2.23 bits per heavy atom. The molecule has 13 heavy (non-hydrogen) atoms. The molecule has 1 heterocycles. The van der Waals surface area contributed by atoms with Crippen LogP contribution in [0.2, 0.25) is 0 Å². The molecule has 1 rings (SSSR count). The van der Waals surface area contributed by atoms with E-state index in [1.54, 1.807) is 6.07 Å². The van der Waals surface area contributed by atoms with E-state index in [2.05, 4.69) is 15.9 Å². The molecule has 0 aromatic carbocycles. The molecule has 1 aromatic heterocycles. The van der Waals surface area contributed by atoms with Crippen molar-refractivity contribution in [1.29, 1.82) is 0 Å². The highest BCUT2D eigenvalue weighted by Gasteiger charge is 2.47. The molecule has 0 spiro atoms. The minimum absolute atomic E-state index is 0.238. The first kappa shape index (κ1) is 10.7. The maximum Gasteiger partial charge on any atom is 0.329 e. The number of halogens is 3. The number of alkyl halides is 3. The Morgan fingerprint density at radius 1 is 1.62 bits per heavy atom. The first-order chi connectivity index (χ1) is 5.83. The van der Waals surface area contributed by atoms with Crippen LogP contribution >= 0.6 is 15.9 Å². The molecule has 1 aromatic rings. The van der Waals surface area contributed by atoms with Crippen LogP contribution in [0.15, 0.2) is 22.8 Å². The minimum atomic E-state index is -3.33. The lowest BCUT2D eigenvalue weighted by Crippen LogP contribution is -2.42. The number of aliphatic hydroxyl groups is 1. The van der Waals surface area contributed by atoms with Gasteiger partial charge in [-0.15, -0.1) is 0 Å². The number of furan rings is 1. The van der Waals surface area contributed by atoms with Gasteiger partial charge in [-0.25, -0.2) is 0 Å². The van der Waals surface area contributed by atoms with Crippen LogP contribution in [0.25, 0.3) is 0 Å². The zero-order chi connectivity index (χ0) is 10.1. The van der Waals surface area contributed by atoms with Crippen LogP contribution in [-0.2, 0) is 6.42 Å². The Labute approximate surface area is 82.7 Å². The fourth-order valence-electron chi connectivity index (χ4n) is 0.853. The van der Waals surface area contributed by atoms with Crippen LogP contribution in [0.5, 0.6) is 0 Å². The van der Waals surface area contributed by atoms with Gasteiger partial charge in [0.05, 0.1) is 6.26 Å². The van der Waals surface area contributed by atoms with E-state index in [4.69, 9.17) is 4.42 Å². The largest absolute Gasteiger partial charge is 0.469 e. The molecule has 0 saturated carbocycles. The molecule has 74 valence electrons. The van der Waals surface area contributed by atoms with E-state index in [0.29, 0.717) is 5.76 Å². The predicted molar refractivity (Wildman–Crippen MR) is 46.9 cm³/mol. The lowest BCUT2D eigenvalue weighted by atomic mass is 10.0. The van der Waals surface area contributed by atoms with Gasteiger partial charge >= 0.3 is 4.83 Å². The topological polar surface area (TPSA) is 33.4 Å². The second-order valence-electron chi connectivity index (χ2n) is 3.03. The first-order valence-corrected chi connectivity index (χ1v) is 4.44. The molecule has 0 saturated heterocycles. The van der Waals surface area contributed by atoms with Crippen LogP contribution in [0.4, 0.5) is 8.78 Å². The summed E-state index contributed by atoms with van der Waals surface area (Å²) in [6.45, 7) is 1.05. The molecule has 1 unspecified atom stereocenters. The molecular weight excluding hydrogens is 246 g/mol. The van der Waals surface area contributed by atoms with Crippen molar-refractivity contribution in [2.45, 2.75) is 23.8 Å². The van der Waals surface area contributed by atoms with Crippen molar-refractivity contribution in [2.24, 2.45) is 0 Å². The van der Waals surface area contributed by atoms with Crippen LogP contribution in [0.3, 0.4) is 0 Å². The third-order valence-corrected chi connectivity index (χ3v) is 2.56. The average Bonchev–Trinajstić information content (AvgIpc) is 2.35. The van der Waals surface area contributed by atoms with E-state index in [1.165, 1.54) is 12.3 Å². The van der Waals surface area contributed by atoms with Crippen molar-refractivity contribution in [2.75, 3.05) is 0 Å². The lowest BCUT2D eigenvalue weighted by molar-refractivity contribution is -0.104. The smallest absolute Gasteiger partial charge is 0.329 e. The fraction of sp³-hybridized carbons (Fsp3) is 0.500. The average molecular weight is 255 g/mol. The highest BCUT2D eigenvalue weighted by molar-refractivity contribution is 9.10. The maximum atomic E-state index is 12.7. The molecule has 1 atom stereocenters. The van der Waals surface area contributed by atoms with E-state index in [0.717, 1.165) is 6.92 Å². The Hall–Kier alpha value is -0.420. The predicted octanol–water partition coefficient (Wildman–Crippen LogP) is 2.56. The fourth-order valence-corrected chi connectivity index (χ4v) is 0.993. The SMILES string of the molecule is CC(O)(Cc1ccco1)C(F)(F)Br. The van der Waals surface area contributed by atoms with Gasteiger partial charge in [-0.1, -0.05) is 0 Å². The zero-order valence-electron chi connectivity index (χ0n) is 6.93. The van der Waals surface area contributed by atoms with Crippen LogP contribution in [0, 0.1) is 0 Å². The quantitative estimate of drug-likeness (QED) is 0.842. The molecule has 2 nitrogen and oxygen atoms in total. The summed E-state index contributed by atoms with van der Waals surface area (Å²) in [5.41, 5.74) is -2.15. The molecular formula is C8H9BrF2O2. The Bertz CT molecular complexity index is 264. The minimum Gasteiger partial charge on any atom is -0.469 e. The lowest BCUT2D eigenvalue weighted by Gasteiger charge is -2.27. The number of rotatable bonds is 3. The van der Waals surface area contributed by atoms with Gasteiger partial charge in [0, 0.05) is 6.42 Å². The molecule has 0 fully saturated rings. The van der Waals surface area contributed by atoms with Gasteiger partial charge < -0.3 is 9.52 Å². The standard InChI is InChI=1S/C8H9BrF2O2/c1-7(12,8(9,10)11)5-6-3-2-4-13-6/h2-4,12H,5H2,1H3. The molecule has 5 heteroatoms. The maximum absolute atomic E-state index is 12.7. The molecule has 1 N–H and O–H groups in total. The Kier molecular flexibility index (Phi) is 2.77. The van der Waals surface area contributed by atoms with Gasteiger partial charge in [0.15, 0.2) is 0 Å². The second-order valence-corrected chi connectivity index (χ2v) is 4.02. The van der Waals surface area contributed by atoms with Crippen molar-refractivity contribution in [1.82, 2.24) is 0 Å². The van der Waals surface area contributed by atoms with Crippen molar-refractivity contribution >= 4 is 15.9 Å². The Balaban J connectivity index is 2.73. The summed E-state index contributed by atoms with van der Waals surface area (Å²) in [5.74, 6) is 0.323. The van der Waals surface area contributed by atoms with Crippen molar-refractivity contribution in [3.05, 3.63) is 24.2 Å². The normalized spacial score (nSPS) is 17.0. The molecule has 0 amide bonds. The number of hydrogen-bond donors (Lipinski definition) is 1. The summed E-state index contributed by atoms with van der Waals surface area (Å²) in [7, 11) is 0. The summed E-state index contributed by atoms with van der Waals surface area (Å²) < 4.78 is 30.3. The van der Waals surface area contributed by atoms with Crippen LogP contribution in [-0.4, -0.2) is 15.5 Å².